The van der Waals surface area contributed by atoms with Crippen LogP contribution in [0.25, 0.3) is 10.9 Å². The molecule has 3 rings (SSSR count). The Bertz CT molecular complexity index is 781. The quantitative estimate of drug-likeness (QED) is 0.645. The van der Waals surface area contributed by atoms with E-state index in [-0.39, 0.29) is 23.3 Å². The summed E-state index contributed by atoms with van der Waals surface area (Å²) in [6, 6.07) is 7.65. The van der Waals surface area contributed by atoms with E-state index in [0.717, 1.165) is 32.1 Å². The Kier molecular flexibility index (Phi) is 5.56. The van der Waals surface area contributed by atoms with Gasteiger partial charge < -0.3 is 5.32 Å². The number of hydrogen-bond acceptors (Lipinski definition) is 4. The van der Waals surface area contributed by atoms with Crippen molar-refractivity contribution in [3.05, 3.63) is 34.6 Å². The molecule has 1 amide bonds. The van der Waals surface area contributed by atoms with Gasteiger partial charge in [-0.2, -0.15) is 0 Å². The third kappa shape index (κ3) is 3.64. The molecule has 0 unspecified atom stereocenters. The number of rotatable bonds is 6. The van der Waals surface area contributed by atoms with Crippen molar-refractivity contribution in [2.75, 3.05) is 12.3 Å². The fraction of sp³-hybridized carbons (Fsp3) is 0.500. The van der Waals surface area contributed by atoms with Gasteiger partial charge in [0.1, 0.15) is 0 Å². The van der Waals surface area contributed by atoms with Gasteiger partial charge in [0.2, 0.25) is 5.91 Å². The molecule has 0 bridgehead atoms. The van der Waals surface area contributed by atoms with Crippen molar-refractivity contribution in [1.29, 1.82) is 0 Å². The van der Waals surface area contributed by atoms with Crippen molar-refractivity contribution in [3.63, 3.8) is 0 Å². The first-order chi connectivity index (χ1) is 11.7. The fourth-order valence-electron chi connectivity index (χ4n) is 3.16. The van der Waals surface area contributed by atoms with Gasteiger partial charge in [-0.3, -0.25) is 14.2 Å². The number of hydrogen-bond donors (Lipinski definition) is 1. The molecule has 6 heteroatoms. The van der Waals surface area contributed by atoms with Crippen molar-refractivity contribution < 1.29 is 4.79 Å². The van der Waals surface area contributed by atoms with Gasteiger partial charge in [-0.15, -0.1) is 0 Å². The van der Waals surface area contributed by atoms with Crippen molar-refractivity contribution in [2.45, 2.75) is 50.2 Å². The molecule has 1 heterocycles. The molecular weight excluding hydrogens is 322 g/mol. The van der Waals surface area contributed by atoms with Crippen LogP contribution in [0, 0.1) is 0 Å². The lowest BCUT2D eigenvalue weighted by Gasteiger charge is -2.18. The molecule has 1 saturated carbocycles. The summed E-state index contributed by atoms with van der Waals surface area (Å²) in [5.41, 5.74) is 0.720. The smallest absolute Gasteiger partial charge is 0.262 e. The van der Waals surface area contributed by atoms with E-state index in [0.29, 0.717) is 22.6 Å². The van der Waals surface area contributed by atoms with Crippen molar-refractivity contribution in [2.24, 2.45) is 0 Å². The Balaban J connectivity index is 1.93. The third-order valence-corrected chi connectivity index (χ3v) is 5.32. The molecule has 1 aromatic carbocycles. The summed E-state index contributed by atoms with van der Waals surface area (Å²) in [5, 5.41) is 4.19. The first-order valence-electron chi connectivity index (χ1n) is 8.61. The minimum atomic E-state index is -0.0118. The third-order valence-electron chi connectivity index (χ3n) is 4.37. The van der Waals surface area contributed by atoms with Crippen LogP contribution in [-0.2, 0) is 4.79 Å². The number of benzene rings is 1. The van der Waals surface area contributed by atoms with E-state index in [9.17, 15) is 9.59 Å². The Morgan fingerprint density at radius 3 is 2.83 bits per heavy atom. The normalized spacial score (nSPS) is 15.0. The zero-order valence-corrected chi connectivity index (χ0v) is 14.8. The van der Waals surface area contributed by atoms with Crippen LogP contribution in [0.2, 0.25) is 0 Å². The maximum absolute atomic E-state index is 13.0. The molecule has 128 valence electrons. The molecule has 1 fully saturated rings. The van der Waals surface area contributed by atoms with Crippen LogP contribution in [-0.4, -0.2) is 27.8 Å². The highest BCUT2D eigenvalue weighted by Crippen LogP contribution is 2.32. The van der Waals surface area contributed by atoms with E-state index < -0.39 is 0 Å². The van der Waals surface area contributed by atoms with Crippen LogP contribution in [0.5, 0.6) is 0 Å². The van der Waals surface area contributed by atoms with Crippen LogP contribution in [0.1, 0.15) is 45.1 Å². The lowest BCUT2D eigenvalue weighted by molar-refractivity contribution is -0.118. The molecule has 1 aromatic heterocycles. The number of para-hydroxylation sites is 1. The van der Waals surface area contributed by atoms with E-state index in [2.05, 4.69) is 10.3 Å². The number of aromatic nitrogens is 2. The van der Waals surface area contributed by atoms with Crippen molar-refractivity contribution in [3.8, 4) is 0 Å². The summed E-state index contributed by atoms with van der Waals surface area (Å²) in [6.07, 6.45) is 5.22. The molecule has 1 aliphatic carbocycles. The van der Waals surface area contributed by atoms with Gasteiger partial charge in [0.25, 0.3) is 5.56 Å². The topological polar surface area (TPSA) is 64.0 Å². The Labute approximate surface area is 145 Å². The second-order valence-corrected chi connectivity index (χ2v) is 7.11. The number of amides is 1. The van der Waals surface area contributed by atoms with Gasteiger partial charge >= 0.3 is 0 Å². The van der Waals surface area contributed by atoms with Crippen molar-refractivity contribution in [1.82, 2.24) is 14.9 Å². The monoisotopic (exact) mass is 345 g/mol. The summed E-state index contributed by atoms with van der Waals surface area (Å²) < 4.78 is 1.83. The second-order valence-electron chi connectivity index (χ2n) is 6.16. The highest BCUT2D eigenvalue weighted by atomic mass is 32.2. The standard InChI is InChI=1S/C18H23N3O2S/c1-2-11-19-16(22)12-24-18-20-15-10-6-5-9-14(15)17(23)21(18)13-7-3-4-8-13/h5-6,9-10,13H,2-4,7-8,11-12H2,1H3,(H,19,22). The van der Waals surface area contributed by atoms with Crippen LogP contribution in [0.4, 0.5) is 0 Å². The maximum atomic E-state index is 13.0. The number of thioether (sulfide) groups is 1. The first-order valence-corrected chi connectivity index (χ1v) is 9.60. The molecule has 1 aliphatic rings. The van der Waals surface area contributed by atoms with Crippen LogP contribution >= 0.6 is 11.8 Å². The minimum Gasteiger partial charge on any atom is -0.355 e. The molecule has 0 atom stereocenters. The number of nitrogens with zero attached hydrogens (tertiary/aromatic N) is 2. The zero-order valence-electron chi connectivity index (χ0n) is 14.0. The molecule has 0 aliphatic heterocycles. The van der Waals surface area contributed by atoms with E-state index in [4.69, 9.17) is 0 Å². The molecular formula is C18H23N3O2S. The van der Waals surface area contributed by atoms with Gasteiger partial charge in [0.05, 0.1) is 16.7 Å². The molecule has 24 heavy (non-hydrogen) atoms. The van der Waals surface area contributed by atoms with Crippen molar-refractivity contribution >= 4 is 28.6 Å². The Morgan fingerprint density at radius 1 is 1.33 bits per heavy atom. The first kappa shape index (κ1) is 17.0. The summed E-state index contributed by atoms with van der Waals surface area (Å²) in [6.45, 7) is 2.70. The highest BCUT2D eigenvalue weighted by molar-refractivity contribution is 7.99. The summed E-state index contributed by atoms with van der Waals surface area (Å²) in [5.74, 6) is 0.277. The molecule has 0 radical (unpaired) electrons. The largest absolute Gasteiger partial charge is 0.355 e. The molecule has 1 N–H and O–H groups in total. The molecule has 0 saturated heterocycles. The molecule has 5 nitrogen and oxygen atoms in total. The lowest BCUT2D eigenvalue weighted by Crippen LogP contribution is -2.28. The average molecular weight is 345 g/mol. The summed E-state index contributed by atoms with van der Waals surface area (Å²) in [4.78, 5) is 29.6. The van der Waals surface area contributed by atoms with E-state index >= 15 is 0 Å². The Hall–Kier alpha value is -1.82. The zero-order chi connectivity index (χ0) is 16.9. The van der Waals surface area contributed by atoms with E-state index in [1.807, 2.05) is 35.8 Å². The predicted molar refractivity (Wildman–Crippen MR) is 97.5 cm³/mol. The lowest BCUT2D eigenvalue weighted by atomic mass is 10.2. The number of carbonyl (C=O) groups excluding carboxylic acids is 1. The second kappa shape index (κ2) is 7.83. The van der Waals surface area contributed by atoms with Gasteiger partial charge in [-0.1, -0.05) is 43.7 Å². The maximum Gasteiger partial charge on any atom is 0.262 e. The summed E-state index contributed by atoms with van der Waals surface area (Å²) in [7, 11) is 0. The van der Waals surface area contributed by atoms with Crippen LogP contribution in [0.3, 0.4) is 0 Å². The van der Waals surface area contributed by atoms with E-state index in [1.54, 1.807) is 0 Å². The SMILES string of the molecule is CCCNC(=O)CSc1nc2ccccc2c(=O)n1C1CCCC1. The minimum absolute atomic E-state index is 0.0118. The Morgan fingerprint density at radius 2 is 2.08 bits per heavy atom. The van der Waals surface area contributed by atoms with Gasteiger partial charge in [-0.25, -0.2) is 4.98 Å². The number of nitrogens with one attached hydrogen (secondary N) is 1. The number of carbonyl (C=O) groups is 1. The average Bonchev–Trinajstić information content (AvgIpc) is 3.12. The highest BCUT2D eigenvalue weighted by Gasteiger charge is 2.23. The predicted octanol–water partition coefficient (Wildman–Crippen LogP) is 3.13. The molecule has 2 aromatic rings. The fourth-order valence-corrected chi connectivity index (χ4v) is 4.05. The number of fused-ring (bicyclic) bond motifs is 1. The van der Waals surface area contributed by atoms with Gasteiger partial charge in [0, 0.05) is 12.6 Å². The van der Waals surface area contributed by atoms with Crippen LogP contribution in [0.15, 0.2) is 34.2 Å². The summed E-state index contributed by atoms with van der Waals surface area (Å²) >= 11 is 1.36. The van der Waals surface area contributed by atoms with Gasteiger partial charge in [0.15, 0.2) is 5.16 Å². The molecule has 0 spiro atoms. The van der Waals surface area contributed by atoms with E-state index in [1.165, 1.54) is 11.8 Å². The van der Waals surface area contributed by atoms with Crippen LogP contribution < -0.4 is 10.9 Å². The van der Waals surface area contributed by atoms with Gasteiger partial charge in [-0.05, 0) is 31.4 Å².